The molecule has 1 fully saturated rings. The van der Waals surface area contributed by atoms with Crippen LogP contribution in [0.5, 0.6) is 5.75 Å². The monoisotopic (exact) mass is 355 g/mol. The normalized spacial score (nSPS) is 16.9. The van der Waals surface area contributed by atoms with Gasteiger partial charge >= 0.3 is 0 Å². The summed E-state index contributed by atoms with van der Waals surface area (Å²) < 4.78 is 5.12. The van der Waals surface area contributed by atoms with Crippen molar-refractivity contribution < 1.29 is 14.5 Å². The minimum absolute atomic E-state index is 0.0113. The molecule has 0 unspecified atom stereocenters. The van der Waals surface area contributed by atoms with Crippen LogP contribution in [0.15, 0.2) is 58.4 Å². The van der Waals surface area contributed by atoms with E-state index in [0.717, 1.165) is 23.1 Å². The number of rotatable bonds is 4. The van der Waals surface area contributed by atoms with Crippen molar-refractivity contribution in [1.29, 1.82) is 0 Å². The van der Waals surface area contributed by atoms with Crippen LogP contribution in [0.2, 0.25) is 0 Å². The van der Waals surface area contributed by atoms with Crippen molar-refractivity contribution in [2.75, 3.05) is 7.11 Å². The van der Waals surface area contributed by atoms with E-state index in [1.54, 1.807) is 7.11 Å². The van der Waals surface area contributed by atoms with Crippen LogP contribution in [0.25, 0.3) is 6.08 Å². The third-order valence-electron chi connectivity index (χ3n) is 3.37. The zero-order valence-corrected chi connectivity index (χ0v) is 13.9. The van der Waals surface area contributed by atoms with Gasteiger partial charge in [0.05, 0.1) is 22.6 Å². The number of hydrogen-bond acceptors (Lipinski definition) is 6. The molecule has 7 nitrogen and oxygen atoms in total. The van der Waals surface area contributed by atoms with Crippen LogP contribution in [0, 0.1) is 10.1 Å². The highest BCUT2D eigenvalue weighted by Crippen LogP contribution is 2.29. The average molecular weight is 355 g/mol. The fourth-order valence-electron chi connectivity index (χ4n) is 2.14. The van der Waals surface area contributed by atoms with E-state index in [4.69, 9.17) is 4.74 Å². The van der Waals surface area contributed by atoms with Gasteiger partial charge in [0.15, 0.2) is 0 Å². The lowest BCUT2D eigenvalue weighted by Crippen LogP contribution is -2.18. The fraction of sp³-hybridized carbons (Fsp3) is 0.0588. The van der Waals surface area contributed by atoms with Crippen molar-refractivity contribution in [3.05, 3.63) is 69.1 Å². The highest BCUT2D eigenvalue weighted by molar-refractivity contribution is 8.18. The molecule has 0 spiro atoms. The molecule has 126 valence electrons. The highest BCUT2D eigenvalue weighted by atomic mass is 32.2. The number of amidine groups is 1. The number of benzene rings is 2. The van der Waals surface area contributed by atoms with E-state index in [2.05, 4.69) is 10.3 Å². The number of nitrogens with zero attached hydrogens (tertiary/aromatic N) is 2. The van der Waals surface area contributed by atoms with Crippen molar-refractivity contribution in [2.24, 2.45) is 4.99 Å². The molecule has 2 aromatic rings. The number of ether oxygens (including phenoxy) is 1. The Bertz CT molecular complexity index is 874. The summed E-state index contributed by atoms with van der Waals surface area (Å²) in [5.74, 6) is 1.16. The number of nitro groups is 1. The molecule has 1 aliphatic rings. The van der Waals surface area contributed by atoms with E-state index >= 15 is 0 Å². The van der Waals surface area contributed by atoms with Crippen LogP contribution in [0.4, 0.5) is 16.2 Å². The summed E-state index contributed by atoms with van der Waals surface area (Å²) in [5.41, 5.74) is 1.41. The number of amides is 1. The van der Waals surface area contributed by atoms with Gasteiger partial charge in [-0.05, 0) is 47.7 Å². The van der Waals surface area contributed by atoms with Crippen molar-refractivity contribution >= 4 is 40.3 Å². The maximum atomic E-state index is 11.7. The Morgan fingerprint density at radius 1 is 1.16 bits per heavy atom. The molecule has 1 aliphatic heterocycles. The molecular weight excluding hydrogens is 342 g/mol. The van der Waals surface area contributed by atoms with Gasteiger partial charge in [-0.3, -0.25) is 14.9 Å². The second-order valence-electron chi connectivity index (χ2n) is 5.03. The van der Waals surface area contributed by atoms with Gasteiger partial charge < -0.3 is 10.1 Å². The molecule has 0 bridgehead atoms. The summed E-state index contributed by atoms with van der Waals surface area (Å²) in [4.78, 5) is 27.0. The van der Waals surface area contributed by atoms with E-state index < -0.39 is 4.92 Å². The molecule has 0 atom stereocenters. The van der Waals surface area contributed by atoms with Crippen LogP contribution < -0.4 is 10.1 Å². The van der Waals surface area contributed by atoms with E-state index in [9.17, 15) is 14.9 Å². The number of non-ortho nitro benzene ring substituents is 1. The van der Waals surface area contributed by atoms with E-state index in [-0.39, 0.29) is 10.9 Å². The Morgan fingerprint density at radius 2 is 1.84 bits per heavy atom. The summed E-state index contributed by atoms with van der Waals surface area (Å²) in [6.45, 7) is 0. The van der Waals surface area contributed by atoms with Gasteiger partial charge in [-0.1, -0.05) is 12.1 Å². The minimum Gasteiger partial charge on any atom is -0.497 e. The number of hydrogen-bond donors (Lipinski definition) is 1. The molecule has 1 saturated heterocycles. The molecule has 0 saturated carbocycles. The first kappa shape index (κ1) is 16.7. The predicted molar refractivity (Wildman–Crippen MR) is 97.3 cm³/mol. The summed E-state index contributed by atoms with van der Waals surface area (Å²) in [6.07, 6.45) is 1.84. The molecule has 1 N–H and O–H groups in total. The van der Waals surface area contributed by atoms with Crippen LogP contribution in [-0.2, 0) is 0 Å². The summed E-state index contributed by atoms with van der Waals surface area (Å²) in [5, 5.41) is 13.2. The number of nitro benzene ring substituents is 1. The van der Waals surface area contributed by atoms with Gasteiger partial charge in [-0.25, -0.2) is 4.99 Å². The van der Waals surface area contributed by atoms with Crippen LogP contribution >= 0.6 is 11.8 Å². The molecule has 8 heteroatoms. The van der Waals surface area contributed by atoms with E-state index in [0.29, 0.717) is 16.4 Å². The molecular formula is C17H13N3O4S. The number of carbonyl (C=O) groups excluding carboxylic acids is 1. The molecule has 0 radical (unpaired) electrons. The SMILES string of the molecule is COc1ccc(/C=C2\SC(=O)NC2=Nc2ccc([N+](=O)[O-])cc2)cc1. The molecule has 2 aromatic carbocycles. The summed E-state index contributed by atoms with van der Waals surface area (Å²) in [7, 11) is 1.60. The fourth-order valence-corrected chi connectivity index (χ4v) is 2.88. The Morgan fingerprint density at radius 3 is 2.44 bits per heavy atom. The minimum atomic E-state index is -0.473. The van der Waals surface area contributed by atoms with Gasteiger partial charge in [0.25, 0.3) is 10.9 Å². The van der Waals surface area contributed by atoms with Crippen molar-refractivity contribution in [1.82, 2.24) is 5.32 Å². The van der Waals surface area contributed by atoms with Crippen LogP contribution in [0.3, 0.4) is 0 Å². The quantitative estimate of drug-likeness (QED) is 0.657. The first-order valence-corrected chi connectivity index (χ1v) is 8.05. The van der Waals surface area contributed by atoms with Gasteiger partial charge in [0, 0.05) is 12.1 Å². The maximum absolute atomic E-state index is 11.7. The molecule has 0 aliphatic carbocycles. The van der Waals surface area contributed by atoms with Crippen molar-refractivity contribution in [3.8, 4) is 5.75 Å². The lowest BCUT2D eigenvalue weighted by molar-refractivity contribution is -0.384. The van der Waals surface area contributed by atoms with E-state index in [1.165, 1.54) is 24.3 Å². The van der Waals surface area contributed by atoms with Gasteiger partial charge in [-0.2, -0.15) is 0 Å². The number of methoxy groups -OCH3 is 1. The number of aliphatic imine (C=N–C) groups is 1. The lowest BCUT2D eigenvalue weighted by Gasteiger charge is -2.02. The van der Waals surface area contributed by atoms with Gasteiger partial charge in [0.1, 0.15) is 11.6 Å². The van der Waals surface area contributed by atoms with E-state index in [1.807, 2.05) is 30.3 Å². The second kappa shape index (κ2) is 7.18. The smallest absolute Gasteiger partial charge is 0.289 e. The highest BCUT2D eigenvalue weighted by Gasteiger charge is 2.23. The number of thioether (sulfide) groups is 1. The Hall–Kier alpha value is -3.13. The first-order valence-electron chi connectivity index (χ1n) is 7.23. The zero-order chi connectivity index (χ0) is 17.8. The third kappa shape index (κ3) is 4.04. The topological polar surface area (TPSA) is 93.8 Å². The number of carbonyl (C=O) groups is 1. The first-order chi connectivity index (χ1) is 12.0. The molecule has 0 aromatic heterocycles. The van der Waals surface area contributed by atoms with Crippen molar-refractivity contribution in [3.63, 3.8) is 0 Å². The van der Waals surface area contributed by atoms with Crippen molar-refractivity contribution in [2.45, 2.75) is 0 Å². The predicted octanol–water partition coefficient (Wildman–Crippen LogP) is 4.13. The standard InChI is InChI=1S/C17H13N3O4S/c1-24-14-8-2-11(3-9-14)10-15-16(19-17(21)25-15)18-12-4-6-13(7-5-12)20(22)23/h2-10H,1H3,(H,18,19,21)/b15-10-. The Balaban J connectivity index is 1.88. The largest absolute Gasteiger partial charge is 0.497 e. The lowest BCUT2D eigenvalue weighted by atomic mass is 10.2. The molecule has 1 amide bonds. The van der Waals surface area contributed by atoms with Gasteiger partial charge in [0.2, 0.25) is 0 Å². The van der Waals surface area contributed by atoms with Crippen LogP contribution in [0.1, 0.15) is 5.56 Å². The summed E-state index contributed by atoms with van der Waals surface area (Å²) in [6, 6.07) is 13.2. The molecule has 1 heterocycles. The summed E-state index contributed by atoms with van der Waals surface area (Å²) >= 11 is 1.05. The Labute approximate surface area is 147 Å². The Kier molecular flexibility index (Phi) is 4.80. The maximum Gasteiger partial charge on any atom is 0.289 e. The second-order valence-corrected chi connectivity index (χ2v) is 6.04. The average Bonchev–Trinajstić information content (AvgIpc) is 2.95. The van der Waals surface area contributed by atoms with Crippen LogP contribution in [-0.4, -0.2) is 23.1 Å². The number of nitrogens with one attached hydrogen (secondary N) is 1. The van der Waals surface area contributed by atoms with Gasteiger partial charge in [-0.15, -0.1) is 0 Å². The zero-order valence-electron chi connectivity index (χ0n) is 13.1. The molecule has 3 rings (SSSR count). The molecule has 25 heavy (non-hydrogen) atoms. The third-order valence-corrected chi connectivity index (χ3v) is 4.19.